The molecule has 7 nitrogen and oxygen atoms in total. The molecular formula is C14H17N3O4. The van der Waals surface area contributed by atoms with Crippen LogP contribution in [-0.2, 0) is 20.9 Å². The second-order valence-corrected chi connectivity index (χ2v) is 4.84. The molecule has 1 aliphatic rings. The zero-order valence-electron chi connectivity index (χ0n) is 11.6. The van der Waals surface area contributed by atoms with E-state index in [9.17, 15) is 14.4 Å². The summed E-state index contributed by atoms with van der Waals surface area (Å²) in [6, 6.07) is 5.42. The molecule has 2 heterocycles. The standard InChI is InChI=1S/C14H17N3O4/c18-12(19)5-3-7-16-8-9-17(14(21)13(16)20)10-11-4-1-2-6-15-11/h1-2,4,6H,3,5,7-10H2,(H,18,19). The summed E-state index contributed by atoms with van der Waals surface area (Å²) >= 11 is 0. The Hall–Kier alpha value is -2.44. The third kappa shape index (κ3) is 4.01. The van der Waals surface area contributed by atoms with Gasteiger partial charge in [-0.05, 0) is 18.6 Å². The first kappa shape index (κ1) is 15.0. The van der Waals surface area contributed by atoms with Crippen molar-refractivity contribution in [3.8, 4) is 0 Å². The van der Waals surface area contributed by atoms with Crippen LogP contribution in [0.5, 0.6) is 0 Å². The minimum absolute atomic E-state index is 0.00435. The lowest BCUT2D eigenvalue weighted by molar-refractivity contribution is -0.156. The van der Waals surface area contributed by atoms with Crippen LogP contribution in [0.25, 0.3) is 0 Å². The van der Waals surface area contributed by atoms with E-state index < -0.39 is 17.8 Å². The number of carboxylic acid groups (broad SMARTS) is 1. The third-order valence-corrected chi connectivity index (χ3v) is 3.29. The van der Waals surface area contributed by atoms with Crippen molar-refractivity contribution in [3.63, 3.8) is 0 Å². The van der Waals surface area contributed by atoms with Crippen molar-refractivity contribution in [3.05, 3.63) is 30.1 Å². The van der Waals surface area contributed by atoms with Gasteiger partial charge in [-0.3, -0.25) is 19.4 Å². The van der Waals surface area contributed by atoms with Crippen molar-refractivity contribution < 1.29 is 19.5 Å². The molecule has 0 spiro atoms. The molecule has 0 aliphatic carbocycles. The Bertz CT molecular complexity index is 532. The molecule has 0 unspecified atom stereocenters. The summed E-state index contributed by atoms with van der Waals surface area (Å²) in [7, 11) is 0. The van der Waals surface area contributed by atoms with E-state index in [0.29, 0.717) is 32.6 Å². The highest BCUT2D eigenvalue weighted by atomic mass is 16.4. The second kappa shape index (κ2) is 6.83. The minimum atomic E-state index is -0.900. The number of carboxylic acids is 1. The maximum atomic E-state index is 12.0. The summed E-state index contributed by atoms with van der Waals surface area (Å²) in [4.78, 5) is 41.5. The molecule has 2 amide bonds. The number of nitrogens with zero attached hydrogens (tertiary/aromatic N) is 3. The van der Waals surface area contributed by atoms with Crippen molar-refractivity contribution in [1.29, 1.82) is 0 Å². The van der Waals surface area contributed by atoms with Gasteiger partial charge in [-0.2, -0.15) is 0 Å². The van der Waals surface area contributed by atoms with Crippen LogP contribution < -0.4 is 0 Å². The van der Waals surface area contributed by atoms with Crippen LogP contribution in [0.3, 0.4) is 0 Å². The molecule has 0 aromatic carbocycles. The molecule has 1 saturated heterocycles. The van der Waals surface area contributed by atoms with Crippen LogP contribution in [0.1, 0.15) is 18.5 Å². The number of piperazine rings is 1. The normalized spacial score (nSPS) is 15.4. The lowest BCUT2D eigenvalue weighted by atomic mass is 10.2. The number of rotatable bonds is 6. The first-order valence-corrected chi connectivity index (χ1v) is 6.78. The zero-order valence-corrected chi connectivity index (χ0v) is 11.6. The van der Waals surface area contributed by atoms with Gasteiger partial charge in [0.2, 0.25) is 0 Å². The molecule has 1 N–H and O–H groups in total. The van der Waals surface area contributed by atoms with Gasteiger partial charge in [0.1, 0.15) is 0 Å². The first-order valence-electron chi connectivity index (χ1n) is 6.78. The smallest absolute Gasteiger partial charge is 0.312 e. The van der Waals surface area contributed by atoms with E-state index in [1.165, 1.54) is 9.80 Å². The molecular weight excluding hydrogens is 274 g/mol. The van der Waals surface area contributed by atoms with Gasteiger partial charge in [-0.15, -0.1) is 0 Å². The van der Waals surface area contributed by atoms with Gasteiger partial charge in [0.05, 0.1) is 12.2 Å². The van der Waals surface area contributed by atoms with Crippen molar-refractivity contribution in [2.75, 3.05) is 19.6 Å². The van der Waals surface area contributed by atoms with E-state index in [-0.39, 0.29) is 6.42 Å². The summed E-state index contributed by atoms with van der Waals surface area (Å²) in [5, 5.41) is 8.58. The van der Waals surface area contributed by atoms with Gasteiger partial charge >= 0.3 is 17.8 Å². The maximum Gasteiger partial charge on any atom is 0.312 e. The Morgan fingerprint density at radius 3 is 2.57 bits per heavy atom. The minimum Gasteiger partial charge on any atom is -0.481 e. The van der Waals surface area contributed by atoms with Gasteiger partial charge in [-0.25, -0.2) is 0 Å². The van der Waals surface area contributed by atoms with Crippen LogP contribution in [0.15, 0.2) is 24.4 Å². The molecule has 1 aromatic heterocycles. The van der Waals surface area contributed by atoms with Crippen LogP contribution >= 0.6 is 0 Å². The fourth-order valence-electron chi connectivity index (χ4n) is 2.19. The fourth-order valence-corrected chi connectivity index (χ4v) is 2.19. The quantitative estimate of drug-likeness (QED) is 0.752. The summed E-state index contributed by atoms with van der Waals surface area (Å²) in [5.74, 6) is -2.02. The number of pyridine rings is 1. The van der Waals surface area contributed by atoms with Crippen LogP contribution in [0, 0.1) is 0 Å². The highest BCUT2D eigenvalue weighted by molar-refractivity contribution is 6.35. The van der Waals surface area contributed by atoms with E-state index in [2.05, 4.69) is 4.98 Å². The monoisotopic (exact) mass is 291 g/mol. The van der Waals surface area contributed by atoms with Gasteiger partial charge in [0.15, 0.2) is 0 Å². The van der Waals surface area contributed by atoms with E-state index >= 15 is 0 Å². The van der Waals surface area contributed by atoms with Gasteiger partial charge < -0.3 is 14.9 Å². The number of carbonyl (C=O) groups is 3. The van der Waals surface area contributed by atoms with Crippen LogP contribution in [0.4, 0.5) is 0 Å². The highest BCUT2D eigenvalue weighted by Crippen LogP contribution is 2.10. The predicted octanol–water partition coefficient (Wildman–Crippen LogP) is 0.117. The van der Waals surface area contributed by atoms with Gasteiger partial charge in [0, 0.05) is 32.3 Å². The van der Waals surface area contributed by atoms with Crippen molar-refractivity contribution in [2.24, 2.45) is 0 Å². The second-order valence-electron chi connectivity index (χ2n) is 4.84. The molecule has 0 saturated carbocycles. The molecule has 1 fully saturated rings. The average molecular weight is 291 g/mol. The van der Waals surface area contributed by atoms with Gasteiger partial charge in [-0.1, -0.05) is 6.07 Å². The van der Waals surface area contributed by atoms with Crippen LogP contribution in [0.2, 0.25) is 0 Å². The van der Waals surface area contributed by atoms with Crippen LogP contribution in [-0.4, -0.2) is 57.3 Å². The van der Waals surface area contributed by atoms with Crippen molar-refractivity contribution in [1.82, 2.24) is 14.8 Å². The Morgan fingerprint density at radius 2 is 1.90 bits per heavy atom. The lowest BCUT2D eigenvalue weighted by Gasteiger charge is -2.33. The molecule has 0 bridgehead atoms. The Morgan fingerprint density at radius 1 is 1.19 bits per heavy atom. The van der Waals surface area contributed by atoms with E-state index in [4.69, 9.17) is 5.11 Å². The van der Waals surface area contributed by atoms with Gasteiger partial charge in [0.25, 0.3) is 0 Å². The van der Waals surface area contributed by atoms with E-state index in [0.717, 1.165) is 5.69 Å². The SMILES string of the molecule is O=C(O)CCCN1CCN(Cc2ccccn2)C(=O)C1=O. The average Bonchev–Trinajstić information content (AvgIpc) is 2.47. The zero-order chi connectivity index (χ0) is 15.2. The fraction of sp³-hybridized carbons (Fsp3) is 0.429. The number of hydrogen-bond donors (Lipinski definition) is 1. The number of carbonyl (C=O) groups excluding carboxylic acids is 2. The predicted molar refractivity (Wildman–Crippen MR) is 73.1 cm³/mol. The molecule has 2 rings (SSSR count). The van der Waals surface area contributed by atoms with E-state index in [1.54, 1.807) is 18.3 Å². The summed E-state index contributed by atoms with van der Waals surface area (Å²) in [5.41, 5.74) is 0.734. The number of amides is 2. The van der Waals surface area contributed by atoms with Crippen molar-refractivity contribution in [2.45, 2.75) is 19.4 Å². The Balaban J connectivity index is 1.89. The summed E-state index contributed by atoms with van der Waals surface area (Å²) < 4.78 is 0. The third-order valence-electron chi connectivity index (χ3n) is 3.29. The lowest BCUT2D eigenvalue weighted by Crippen LogP contribution is -2.54. The maximum absolute atomic E-state index is 12.0. The largest absolute Gasteiger partial charge is 0.481 e. The number of aromatic nitrogens is 1. The Kier molecular flexibility index (Phi) is 4.86. The molecule has 112 valence electrons. The van der Waals surface area contributed by atoms with Crippen molar-refractivity contribution >= 4 is 17.8 Å². The Labute approximate surface area is 122 Å². The summed E-state index contributed by atoms with van der Waals surface area (Å²) in [6.45, 7) is 1.48. The summed E-state index contributed by atoms with van der Waals surface area (Å²) in [6.07, 6.45) is 1.99. The first-order chi connectivity index (χ1) is 10.1. The molecule has 0 atom stereocenters. The molecule has 7 heteroatoms. The van der Waals surface area contributed by atoms with E-state index in [1.807, 2.05) is 6.07 Å². The topological polar surface area (TPSA) is 90.8 Å². The molecule has 21 heavy (non-hydrogen) atoms. The number of aliphatic carboxylic acids is 1. The molecule has 1 aliphatic heterocycles. The molecule has 1 aromatic rings. The number of hydrogen-bond acceptors (Lipinski definition) is 4. The highest BCUT2D eigenvalue weighted by Gasteiger charge is 2.32. The molecule has 0 radical (unpaired) electrons.